The van der Waals surface area contributed by atoms with Crippen molar-refractivity contribution in [1.82, 2.24) is 9.55 Å². The SMILES string of the molecule is CCOC(=O)C1=CCn2cc(C)nc2S1. The van der Waals surface area contributed by atoms with Crippen LogP contribution in [0.15, 0.2) is 22.3 Å². The van der Waals surface area contributed by atoms with Gasteiger partial charge < -0.3 is 9.30 Å². The highest BCUT2D eigenvalue weighted by Gasteiger charge is 2.19. The smallest absolute Gasteiger partial charge is 0.344 e. The van der Waals surface area contributed by atoms with Gasteiger partial charge in [0.15, 0.2) is 5.16 Å². The monoisotopic (exact) mass is 224 g/mol. The van der Waals surface area contributed by atoms with E-state index in [0.717, 1.165) is 10.9 Å². The molecule has 0 N–H and O–H groups in total. The van der Waals surface area contributed by atoms with Crippen molar-refractivity contribution in [3.63, 3.8) is 0 Å². The van der Waals surface area contributed by atoms with Gasteiger partial charge in [-0.1, -0.05) is 0 Å². The molecule has 0 saturated carbocycles. The van der Waals surface area contributed by atoms with E-state index in [1.165, 1.54) is 11.8 Å². The van der Waals surface area contributed by atoms with E-state index in [0.29, 0.717) is 18.1 Å². The molecule has 4 nitrogen and oxygen atoms in total. The number of carbonyl (C=O) groups excluding carboxylic acids is 1. The summed E-state index contributed by atoms with van der Waals surface area (Å²) >= 11 is 1.36. The van der Waals surface area contributed by atoms with Gasteiger partial charge in [-0.15, -0.1) is 0 Å². The third-order valence-electron chi connectivity index (χ3n) is 2.01. The molecule has 0 amide bonds. The number of aryl methyl sites for hydroxylation is 1. The molecule has 0 bridgehead atoms. The summed E-state index contributed by atoms with van der Waals surface area (Å²) in [6, 6.07) is 0. The third kappa shape index (κ3) is 2.07. The topological polar surface area (TPSA) is 44.1 Å². The molecule has 1 aliphatic heterocycles. The van der Waals surface area contributed by atoms with Crippen molar-refractivity contribution >= 4 is 17.7 Å². The first-order valence-electron chi connectivity index (χ1n) is 4.79. The average Bonchev–Trinajstić information content (AvgIpc) is 2.57. The van der Waals surface area contributed by atoms with Gasteiger partial charge in [-0.2, -0.15) is 0 Å². The van der Waals surface area contributed by atoms with Crippen molar-refractivity contribution in [2.45, 2.75) is 25.5 Å². The van der Waals surface area contributed by atoms with Crippen LogP contribution in [0.25, 0.3) is 0 Å². The van der Waals surface area contributed by atoms with Gasteiger partial charge in [0.05, 0.1) is 17.2 Å². The molecule has 1 aromatic heterocycles. The summed E-state index contributed by atoms with van der Waals surface area (Å²) in [4.78, 5) is 16.4. The first-order valence-corrected chi connectivity index (χ1v) is 5.61. The maximum Gasteiger partial charge on any atom is 0.344 e. The number of imidazole rings is 1. The molecule has 0 atom stereocenters. The Kier molecular flexibility index (Phi) is 2.81. The minimum atomic E-state index is -0.255. The predicted molar refractivity (Wildman–Crippen MR) is 57.5 cm³/mol. The van der Waals surface area contributed by atoms with Gasteiger partial charge in [-0.3, -0.25) is 0 Å². The lowest BCUT2D eigenvalue weighted by molar-refractivity contribution is -0.137. The Balaban J connectivity index is 2.14. The molecule has 2 rings (SSSR count). The Hall–Kier alpha value is -1.23. The number of ether oxygens (including phenoxy) is 1. The molecule has 0 aromatic carbocycles. The highest BCUT2D eigenvalue weighted by molar-refractivity contribution is 8.03. The number of nitrogens with zero attached hydrogens (tertiary/aromatic N) is 2. The number of thioether (sulfide) groups is 1. The molecule has 1 aromatic rings. The molecule has 15 heavy (non-hydrogen) atoms. The summed E-state index contributed by atoms with van der Waals surface area (Å²) < 4.78 is 6.95. The van der Waals surface area contributed by atoms with Crippen LogP contribution in [0.2, 0.25) is 0 Å². The second-order valence-electron chi connectivity index (χ2n) is 3.21. The van der Waals surface area contributed by atoms with Gasteiger partial charge in [0.1, 0.15) is 0 Å². The van der Waals surface area contributed by atoms with Gasteiger partial charge in [-0.25, -0.2) is 9.78 Å². The number of carbonyl (C=O) groups is 1. The van der Waals surface area contributed by atoms with E-state index in [1.807, 2.05) is 23.8 Å². The van der Waals surface area contributed by atoms with Crippen LogP contribution >= 0.6 is 11.8 Å². The van der Waals surface area contributed by atoms with Crippen LogP contribution in [0, 0.1) is 6.92 Å². The zero-order chi connectivity index (χ0) is 10.8. The summed E-state index contributed by atoms with van der Waals surface area (Å²) in [7, 11) is 0. The zero-order valence-electron chi connectivity index (χ0n) is 8.69. The highest BCUT2D eigenvalue weighted by atomic mass is 32.2. The van der Waals surface area contributed by atoms with E-state index >= 15 is 0 Å². The lowest BCUT2D eigenvalue weighted by atomic mass is 10.4. The lowest BCUT2D eigenvalue weighted by Gasteiger charge is -2.12. The molecule has 2 heterocycles. The molecule has 1 aliphatic rings. The van der Waals surface area contributed by atoms with Crippen molar-refractivity contribution in [3.05, 3.63) is 22.9 Å². The van der Waals surface area contributed by atoms with Crippen LogP contribution in [0.5, 0.6) is 0 Å². The molecule has 0 aliphatic carbocycles. The summed E-state index contributed by atoms with van der Waals surface area (Å²) in [6.45, 7) is 4.84. The second kappa shape index (κ2) is 4.10. The zero-order valence-corrected chi connectivity index (χ0v) is 9.50. The summed E-state index contributed by atoms with van der Waals surface area (Å²) in [5.74, 6) is -0.255. The second-order valence-corrected chi connectivity index (χ2v) is 4.22. The average molecular weight is 224 g/mol. The molecule has 0 unspecified atom stereocenters. The Morgan fingerprint density at radius 3 is 3.27 bits per heavy atom. The Morgan fingerprint density at radius 2 is 2.53 bits per heavy atom. The van der Waals surface area contributed by atoms with Gasteiger partial charge in [-0.05, 0) is 31.7 Å². The van der Waals surface area contributed by atoms with Crippen LogP contribution in [0.1, 0.15) is 12.6 Å². The van der Waals surface area contributed by atoms with Crippen molar-refractivity contribution in [3.8, 4) is 0 Å². The summed E-state index contributed by atoms with van der Waals surface area (Å²) in [5.41, 5.74) is 0.969. The van der Waals surface area contributed by atoms with Crippen molar-refractivity contribution in [2.75, 3.05) is 6.61 Å². The molecule has 80 valence electrons. The van der Waals surface area contributed by atoms with E-state index < -0.39 is 0 Å². The number of hydrogen-bond acceptors (Lipinski definition) is 4. The molecule has 0 fully saturated rings. The minimum Gasteiger partial charge on any atom is -0.462 e. The van der Waals surface area contributed by atoms with Gasteiger partial charge in [0, 0.05) is 12.7 Å². The van der Waals surface area contributed by atoms with Crippen LogP contribution in [-0.4, -0.2) is 22.1 Å². The Bertz CT molecular complexity index is 423. The van der Waals surface area contributed by atoms with Crippen LogP contribution in [0.4, 0.5) is 0 Å². The minimum absolute atomic E-state index is 0.255. The lowest BCUT2D eigenvalue weighted by Crippen LogP contribution is -2.11. The van der Waals surface area contributed by atoms with E-state index in [4.69, 9.17) is 4.74 Å². The molecule has 0 radical (unpaired) electrons. The molecule has 0 spiro atoms. The normalized spacial score (nSPS) is 14.4. The van der Waals surface area contributed by atoms with Crippen LogP contribution < -0.4 is 0 Å². The molecule has 0 saturated heterocycles. The maximum atomic E-state index is 11.5. The van der Waals surface area contributed by atoms with E-state index in [-0.39, 0.29) is 5.97 Å². The number of rotatable bonds is 2. The Labute approximate surface area is 92.3 Å². The molecular weight excluding hydrogens is 212 g/mol. The highest BCUT2D eigenvalue weighted by Crippen LogP contribution is 2.30. The molecule has 5 heteroatoms. The fourth-order valence-electron chi connectivity index (χ4n) is 1.39. The maximum absolute atomic E-state index is 11.5. The molecular formula is C10H12N2O2S. The first-order chi connectivity index (χ1) is 7.20. The Morgan fingerprint density at radius 1 is 1.73 bits per heavy atom. The van der Waals surface area contributed by atoms with Crippen LogP contribution in [-0.2, 0) is 16.1 Å². The van der Waals surface area contributed by atoms with E-state index in [1.54, 1.807) is 6.92 Å². The van der Waals surface area contributed by atoms with Crippen molar-refractivity contribution < 1.29 is 9.53 Å². The van der Waals surface area contributed by atoms with E-state index in [2.05, 4.69) is 4.98 Å². The quantitative estimate of drug-likeness (QED) is 0.718. The van der Waals surface area contributed by atoms with Gasteiger partial charge in [0.25, 0.3) is 0 Å². The number of fused-ring (bicyclic) bond motifs is 1. The van der Waals surface area contributed by atoms with Gasteiger partial charge >= 0.3 is 5.97 Å². The largest absolute Gasteiger partial charge is 0.462 e. The number of aromatic nitrogens is 2. The number of allylic oxidation sites excluding steroid dienone is 1. The van der Waals surface area contributed by atoms with Crippen LogP contribution in [0.3, 0.4) is 0 Å². The summed E-state index contributed by atoms with van der Waals surface area (Å²) in [6.07, 6.45) is 3.84. The van der Waals surface area contributed by atoms with E-state index in [9.17, 15) is 4.79 Å². The standard InChI is InChI=1S/C10H12N2O2S/c1-3-14-9(13)8-4-5-12-6-7(2)11-10(12)15-8/h4,6H,3,5H2,1-2H3. The number of esters is 1. The van der Waals surface area contributed by atoms with Crippen molar-refractivity contribution in [2.24, 2.45) is 0 Å². The summed E-state index contributed by atoms with van der Waals surface area (Å²) in [5, 5.41) is 0.859. The van der Waals surface area contributed by atoms with Crippen molar-refractivity contribution in [1.29, 1.82) is 0 Å². The van der Waals surface area contributed by atoms with Gasteiger partial charge in [0.2, 0.25) is 0 Å². The third-order valence-corrected chi connectivity index (χ3v) is 3.07. The number of hydrogen-bond donors (Lipinski definition) is 0. The first kappa shape index (κ1) is 10.3. The predicted octanol–water partition coefficient (Wildman–Crippen LogP) is 1.74. The fraction of sp³-hybridized carbons (Fsp3) is 0.400. The fourth-order valence-corrected chi connectivity index (χ4v) is 2.32.